The molecule has 0 unspecified atom stereocenters. The Hall–Kier alpha value is -1.27. The van der Waals surface area contributed by atoms with Gasteiger partial charge in [0, 0.05) is 0 Å². The number of carbonyl (C=O) groups excluding carboxylic acids is 1. The molecule has 0 heterocycles. The van der Waals surface area contributed by atoms with Crippen LogP contribution in [0.4, 0.5) is 10.5 Å². The van der Waals surface area contributed by atoms with Crippen molar-refractivity contribution in [2.45, 2.75) is 13.0 Å². The second-order valence-electron chi connectivity index (χ2n) is 3.26. The maximum Gasteiger partial charge on any atom is 0.325 e. The van der Waals surface area contributed by atoms with Gasteiger partial charge in [-0.05, 0) is 35.0 Å². The second-order valence-corrected chi connectivity index (χ2v) is 4.46. The predicted molar refractivity (Wildman–Crippen MR) is 68.4 cm³/mol. The third-order valence-electron chi connectivity index (χ3n) is 1.92. The SMILES string of the molecule is C[C@@H](NC(=O)Nc1cccc(Cl)c1Br)C(=O)O. The third-order valence-corrected chi connectivity index (χ3v) is 3.32. The minimum Gasteiger partial charge on any atom is -0.480 e. The van der Waals surface area contributed by atoms with Gasteiger partial charge in [0.15, 0.2) is 0 Å². The second kappa shape index (κ2) is 5.88. The van der Waals surface area contributed by atoms with Crippen molar-refractivity contribution >= 4 is 45.2 Å². The number of aliphatic carboxylic acids is 1. The number of benzene rings is 1. The van der Waals surface area contributed by atoms with Crippen LogP contribution in [-0.4, -0.2) is 23.1 Å². The summed E-state index contributed by atoms with van der Waals surface area (Å²) in [5, 5.41) is 13.8. The Morgan fingerprint density at radius 3 is 2.71 bits per heavy atom. The van der Waals surface area contributed by atoms with E-state index in [2.05, 4.69) is 26.6 Å². The van der Waals surface area contributed by atoms with Crippen molar-refractivity contribution in [1.82, 2.24) is 5.32 Å². The first kappa shape index (κ1) is 13.8. The quantitative estimate of drug-likeness (QED) is 0.801. The number of carboxylic acids is 1. The van der Waals surface area contributed by atoms with E-state index in [1.165, 1.54) is 6.92 Å². The molecule has 0 saturated carbocycles. The van der Waals surface area contributed by atoms with E-state index in [9.17, 15) is 9.59 Å². The normalized spacial score (nSPS) is 11.7. The number of hydrogen-bond acceptors (Lipinski definition) is 2. The number of amides is 2. The standard InChI is InChI=1S/C10H10BrClN2O3/c1-5(9(15)16)13-10(17)14-7-4-2-3-6(12)8(7)11/h2-5H,1H3,(H,15,16)(H2,13,14,17)/t5-/m1/s1. The van der Waals surface area contributed by atoms with Crippen LogP contribution < -0.4 is 10.6 Å². The van der Waals surface area contributed by atoms with Gasteiger partial charge in [-0.25, -0.2) is 4.79 Å². The van der Waals surface area contributed by atoms with E-state index >= 15 is 0 Å². The summed E-state index contributed by atoms with van der Waals surface area (Å²) in [5.74, 6) is -1.11. The molecular weight excluding hydrogens is 311 g/mol. The summed E-state index contributed by atoms with van der Waals surface area (Å²) in [7, 11) is 0. The largest absolute Gasteiger partial charge is 0.480 e. The fourth-order valence-corrected chi connectivity index (χ4v) is 1.56. The van der Waals surface area contributed by atoms with Crippen LogP contribution in [0.25, 0.3) is 0 Å². The van der Waals surface area contributed by atoms with Crippen molar-refractivity contribution < 1.29 is 14.7 Å². The Labute approximate surface area is 111 Å². The van der Waals surface area contributed by atoms with Crippen molar-refractivity contribution in [3.63, 3.8) is 0 Å². The molecule has 1 atom stereocenters. The molecule has 0 aliphatic heterocycles. The number of carbonyl (C=O) groups is 2. The summed E-state index contributed by atoms with van der Waals surface area (Å²) in [6, 6.07) is 3.40. The van der Waals surface area contributed by atoms with E-state index in [-0.39, 0.29) is 0 Å². The molecule has 0 radical (unpaired) electrons. The molecule has 0 fully saturated rings. The number of nitrogens with one attached hydrogen (secondary N) is 2. The molecule has 92 valence electrons. The van der Waals surface area contributed by atoms with Crippen LogP contribution in [0, 0.1) is 0 Å². The van der Waals surface area contributed by atoms with E-state index in [0.717, 1.165) is 0 Å². The molecule has 0 aliphatic rings. The number of rotatable bonds is 3. The molecule has 0 saturated heterocycles. The molecule has 0 spiro atoms. The molecule has 0 aliphatic carbocycles. The van der Waals surface area contributed by atoms with Crippen molar-refractivity contribution in [1.29, 1.82) is 0 Å². The highest BCUT2D eigenvalue weighted by Gasteiger charge is 2.14. The molecule has 5 nitrogen and oxygen atoms in total. The maximum atomic E-state index is 11.4. The summed E-state index contributed by atoms with van der Waals surface area (Å²) in [5.41, 5.74) is 0.465. The van der Waals surface area contributed by atoms with Crippen molar-refractivity contribution in [3.05, 3.63) is 27.7 Å². The average molecular weight is 322 g/mol. The highest BCUT2D eigenvalue weighted by molar-refractivity contribution is 9.10. The lowest BCUT2D eigenvalue weighted by molar-refractivity contribution is -0.138. The van der Waals surface area contributed by atoms with E-state index in [4.69, 9.17) is 16.7 Å². The molecule has 0 aromatic heterocycles. The average Bonchev–Trinajstić information content (AvgIpc) is 2.24. The van der Waals surface area contributed by atoms with E-state index in [1.54, 1.807) is 18.2 Å². The molecule has 0 bridgehead atoms. The van der Waals surface area contributed by atoms with Gasteiger partial charge in [-0.1, -0.05) is 17.7 Å². The zero-order valence-electron chi connectivity index (χ0n) is 8.83. The number of carboxylic acid groups (broad SMARTS) is 1. The minimum absolute atomic E-state index is 0.453. The summed E-state index contributed by atoms with van der Waals surface area (Å²) in [6.45, 7) is 1.37. The lowest BCUT2D eigenvalue weighted by Crippen LogP contribution is -2.40. The summed E-state index contributed by atoms with van der Waals surface area (Å²) >= 11 is 9.05. The zero-order chi connectivity index (χ0) is 13.0. The lowest BCUT2D eigenvalue weighted by Gasteiger charge is -2.12. The fourth-order valence-electron chi connectivity index (χ4n) is 1.02. The molecule has 1 aromatic rings. The molecular formula is C10H10BrClN2O3. The van der Waals surface area contributed by atoms with Crippen LogP contribution in [0.5, 0.6) is 0 Å². The number of anilines is 1. The van der Waals surface area contributed by atoms with Gasteiger partial charge >= 0.3 is 12.0 Å². The molecule has 17 heavy (non-hydrogen) atoms. The first-order chi connectivity index (χ1) is 7.91. The molecule has 1 rings (SSSR count). The van der Waals surface area contributed by atoms with E-state index in [1.807, 2.05) is 0 Å². The lowest BCUT2D eigenvalue weighted by atomic mass is 10.3. The van der Waals surface area contributed by atoms with Crippen LogP contribution in [0.1, 0.15) is 6.92 Å². The summed E-state index contributed by atoms with van der Waals surface area (Å²) < 4.78 is 0.541. The van der Waals surface area contributed by atoms with E-state index < -0.39 is 18.0 Å². The molecule has 2 amide bonds. The zero-order valence-corrected chi connectivity index (χ0v) is 11.2. The van der Waals surface area contributed by atoms with Gasteiger partial charge in [-0.2, -0.15) is 0 Å². The summed E-state index contributed by atoms with van der Waals surface area (Å²) in [4.78, 5) is 22.0. The van der Waals surface area contributed by atoms with Crippen LogP contribution >= 0.6 is 27.5 Å². The van der Waals surface area contributed by atoms with Crippen molar-refractivity contribution in [3.8, 4) is 0 Å². The van der Waals surface area contributed by atoms with Gasteiger partial charge in [0.2, 0.25) is 0 Å². The Bertz CT molecular complexity index is 453. The number of hydrogen-bond donors (Lipinski definition) is 3. The Kier molecular flexibility index (Phi) is 4.77. The molecule has 3 N–H and O–H groups in total. The van der Waals surface area contributed by atoms with Crippen molar-refractivity contribution in [2.24, 2.45) is 0 Å². The van der Waals surface area contributed by atoms with Gasteiger partial charge in [-0.3, -0.25) is 4.79 Å². The molecule has 7 heteroatoms. The Morgan fingerprint density at radius 2 is 2.12 bits per heavy atom. The predicted octanol–water partition coefficient (Wildman–Crippen LogP) is 2.70. The van der Waals surface area contributed by atoms with Gasteiger partial charge < -0.3 is 15.7 Å². The third kappa shape index (κ3) is 3.90. The minimum atomic E-state index is -1.11. The number of halogens is 2. The smallest absolute Gasteiger partial charge is 0.325 e. The highest BCUT2D eigenvalue weighted by atomic mass is 79.9. The Balaban J connectivity index is 2.69. The van der Waals surface area contributed by atoms with Gasteiger partial charge in [0.25, 0.3) is 0 Å². The Morgan fingerprint density at radius 1 is 1.47 bits per heavy atom. The monoisotopic (exact) mass is 320 g/mol. The van der Waals surface area contributed by atoms with Crippen LogP contribution in [0.2, 0.25) is 5.02 Å². The summed E-state index contributed by atoms with van der Waals surface area (Å²) in [6.07, 6.45) is 0. The van der Waals surface area contributed by atoms with Crippen molar-refractivity contribution in [2.75, 3.05) is 5.32 Å². The van der Waals surface area contributed by atoms with Gasteiger partial charge in [-0.15, -0.1) is 0 Å². The number of urea groups is 1. The first-order valence-electron chi connectivity index (χ1n) is 4.66. The van der Waals surface area contributed by atoms with Crippen LogP contribution in [0.15, 0.2) is 22.7 Å². The topological polar surface area (TPSA) is 78.4 Å². The van der Waals surface area contributed by atoms with E-state index in [0.29, 0.717) is 15.2 Å². The van der Waals surface area contributed by atoms with Crippen LogP contribution in [-0.2, 0) is 4.79 Å². The molecule has 1 aromatic carbocycles. The first-order valence-corrected chi connectivity index (χ1v) is 5.83. The van der Waals surface area contributed by atoms with Gasteiger partial charge in [0.05, 0.1) is 15.2 Å². The fraction of sp³-hybridized carbons (Fsp3) is 0.200. The van der Waals surface area contributed by atoms with Gasteiger partial charge in [0.1, 0.15) is 6.04 Å². The maximum absolute atomic E-state index is 11.4. The highest BCUT2D eigenvalue weighted by Crippen LogP contribution is 2.29. The van der Waals surface area contributed by atoms with Crippen LogP contribution in [0.3, 0.4) is 0 Å².